The number of hydrogen-bond donors (Lipinski definition) is 1. The summed E-state index contributed by atoms with van der Waals surface area (Å²) in [5.41, 5.74) is 3.10. The number of carbonyl (C=O) groups is 1. The first-order valence-electron chi connectivity index (χ1n) is 8.42. The Kier molecular flexibility index (Phi) is 6.08. The predicted molar refractivity (Wildman–Crippen MR) is 102 cm³/mol. The summed E-state index contributed by atoms with van der Waals surface area (Å²) in [4.78, 5) is 12.6. The highest BCUT2D eigenvalue weighted by atomic mass is 32.2. The molecule has 0 aromatic heterocycles. The van der Waals surface area contributed by atoms with E-state index < -0.39 is 15.9 Å². The van der Waals surface area contributed by atoms with E-state index in [1.165, 1.54) is 11.8 Å². The van der Waals surface area contributed by atoms with E-state index in [-0.39, 0.29) is 16.8 Å². The van der Waals surface area contributed by atoms with Gasteiger partial charge in [0, 0.05) is 6.26 Å². The molecule has 0 aliphatic rings. The fourth-order valence-electron chi connectivity index (χ4n) is 2.46. The molecule has 0 fully saturated rings. The average Bonchev–Trinajstić information content (AvgIpc) is 2.57. The van der Waals surface area contributed by atoms with Crippen molar-refractivity contribution in [2.45, 2.75) is 44.7 Å². The lowest BCUT2D eigenvalue weighted by molar-refractivity contribution is -0.127. The molecule has 0 aliphatic heterocycles. The number of hydrogen-bond acceptors (Lipinski definition) is 4. The van der Waals surface area contributed by atoms with Gasteiger partial charge in [0.05, 0.1) is 10.9 Å². The lowest BCUT2D eigenvalue weighted by Crippen LogP contribution is -2.37. The molecule has 2 aromatic rings. The zero-order chi connectivity index (χ0) is 19.5. The third-order valence-corrected chi connectivity index (χ3v) is 5.46. The number of nitrogens with one attached hydrogen (secondary N) is 1. The molecule has 0 heterocycles. The summed E-state index contributed by atoms with van der Waals surface area (Å²) in [6.45, 7) is 7.56. The quantitative estimate of drug-likeness (QED) is 0.840. The predicted octanol–water partition coefficient (Wildman–Crippen LogP) is 3.35. The third kappa shape index (κ3) is 5.08. The maximum atomic E-state index is 12.4. The second kappa shape index (κ2) is 7.91. The molecule has 140 valence electrons. The highest BCUT2D eigenvalue weighted by Gasteiger charge is 2.18. The van der Waals surface area contributed by atoms with E-state index in [1.807, 2.05) is 39.0 Å². The first-order valence-corrected chi connectivity index (χ1v) is 10.3. The van der Waals surface area contributed by atoms with Gasteiger partial charge in [-0.15, -0.1) is 0 Å². The molecule has 1 amide bonds. The number of benzene rings is 2. The van der Waals surface area contributed by atoms with Gasteiger partial charge in [0.25, 0.3) is 5.91 Å². The van der Waals surface area contributed by atoms with E-state index in [1.54, 1.807) is 31.2 Å². The van der Waals surface area contributed by atoms with Crippen LogP contribution in [-0.2, 0) is 14.6 Å². The first-order chi connectivity index (χ1) is 12.1. The molecule has 26 heavy (non-hydrogen) atoms. The summed E-state index contributed by atoms with van der Waals surface area (Å²) in [6.07, 6.45) is 0.522. The van der Waals surface area contributed by atoms with Crippen LogP contribution in [0.25, 0.3) is 0 Å². The third-order valence-electron chi connectivity index (χ3n) is 4.33. The molecule has 2 atom stereocenters. The van der Waals surface area contributed by atoms with Crippen LogP contribution in [0.3, 0.4) is 0 Å². The van der Waals surface area contributed by atoms with E-state index in [4.69, 9.17) is 4.74 Å². The highest BCUT2D eigenvalue weighted by Crippen LogP contribution is 2.19. The van der Waals surface area contributed by atoms with Crippen molar-refractivity contribution in [3.63, 3.8) is 0 Å². The Balaban J connectivity index is 2.00. The number of rotatable bonds is 6. The molecule has 2 rings (SSSR count). The normalized spacial score (nSPS) is 13.7. The Morgan fingerprint density at radius 3 is 2.15 bits per heavy atom. The van der Waals surface area contributed by atoms with Gasteiger partial charge >= 0.3 is 0 Å². The fourth-order valence-corrected chi connectivity index (χ4v) is 3.09. The van der Waals surface area contributed by atoms with Crippen molar-refractivity contribution in [1.82, 2.24) is 5.32 Å². The average molecular weight is 375 g/mol. The summed E-state index contributed by atoms with van der Waals surface area (Å²) >= 11 is 0. The summed E-state index contributed by atoms with van der Waals surface area (Å²) in [5.74, 6) is 0.420. The van der Waals surface area contributed by atoms with Crippen molar-refractivity contribution in [1.29, 1.82) is 0 Å². The number of amides is 1. The standard InChI is InChI=1S/C20H25NO4S/c1-13-6-9-18(12-14(13)2)25-16(4)20(22)21-15(3)17-7-10-19(11-8-17)26(5,23)24/h6-12,15-16H,1-5H3,(H,21,22)/t15-,16-/m1/s1. The van der Waals surface area contributed by atoms with E-state index in [0.717, 1.165) is 11.1 Å². The number of aryl methyl sites for hydroxylation is 2. The smallest absolute Gasteiger partial charge is 0.261 e. The van der Waals surface area contributed by atoms with Gasteiger partial charge in [-0.1, -0.05) is 18.2 Å². The summed E-state index contributed by atoms with van der Waals surface area (Å²) in [6, 6.07) is 12.0. The number of sulfone groups is 1. The Hall–Kier alpha value is -2.34. The van der Waals surface area contributed by atoms with Crippen LogP contribution in [0.4, 0.5) is 0 Å². The lowest BCUT2D eigenvalue weighted by Gasteiger charge is -2.19. The van der Waals surface area contributed by atoms with Gasteiger partial charge in [-0.3, -0.25) is 4.79 Å². The molecule has 6 heteroatoms. The van der Waals surface area contributed by atoms with Crippen molar-refractivity contribution >= 4 is 15.7 Å². The molecule has 0 spiro atoms. The minimum Gasteiger partial charge on any atom is -0.481 e. The molecule has 0 radical (unpaired) electrons. The van der Waals surface area contributed by atoms with Crippen molar-refractivity contribution in [2.24, 2.45) is 0 Å². The van der Waals surface area contributed by atoms with Crippen LogP contribution in [0.15, 0.2) is 47.4 Å². The summed E-state index contributed by atoms with van der Waals surface area (Å²) in [5, 5.41) is 2.89. The van der Waals surface area contributed by atoms with Crippen molar-refractivity contribution < 1.29 is 17.9 Å². The Labute approximate surface area is 155 Å². The molecule has 0 aliphatic carbocycles. The molecule has 5 nitrogen and oxygen atoms in total. The molecule has 2 aromatic carbocycles. The van der Waals surface area contributed by atoms with E-state index in [0.29, 0.717) is 5.75 Å². The Bertz CT molecular complexity index is 889. The highest BCUT2D eigenvalue weighted by molar-refractivity contribution is 7.90. The Morgan fingerprint density at radius 2 is 1.62 bits per heavy atom. The SMILES string of the molecule is Cc1ccc(O[C@H](C)C(=O)N[C@H](C)c2ccc(S(C)(=O)=O)cc2)cc1C. The fraction of sp³-hybridized carbons (Fsp3) is 0.350. The molecule has 0 bridgehead atoms. The molecular formula is C20H25NO4S. The van der Waals surface area contributed by atoms with Crippen molar-refractivity contribution in [3.8, 4) is 5.75 Å². The molecule has 1 N–H and O–H groups in total. The molecular weight excluding hydrogens is 350 g/mol. The van der Waals surface area contributed by atoms with Crippen LogP contribution in [0.5, 0.6) is 5.75 Å². The minimum atomic E-state index is -3.23. The molecule has 0 unspecified atom stereocenters. The van der Waals surface area contributed by atoms with Gasteiger partial charge in [-0.05, 0) is 68.7 Å². The number of ether oxygens (including phenoxy) is 1. The van der Waals surface area contributed by atoms with Gasteiger partial charge in [0.1, 0.15) is 5.75 Å². The van der Waals surface area contributed by atoms with Gasteiger partial charge < -0.3 is 10.1 Å². The van der Waals surface area contributed by atoms with Crippen LogP contribution in [0.2, 0.25) is 0 Å². The van der Waals surface area contributed by atoms with Crippen LogP contribution < -0.4 is 10.1 Å². The minimum absolute atomic E-state index is 0.233. The maximum Gasteiger partial charge on any atom is 0.261 e. The van der Waals surface area contributed by atoms with E-state index >= 15 is 0 Å². The van der Waals surface area contributed by atoms with E-state index in [2.05, 4.69) is 5.32 Å². The summed E-state index contributed by atoms with van der Waals surface area (Å²) in [7, 11) is -3.23. The first kappa shape index (κ1) is 20.0. The van der Waals surface area contributed by atoms with Crippen LogP contribution in [0, 0.1) is 13.8 Å². The lowest BCUT2D eigenvalue weighted by atomic mass is 10.1. The van der Waals surface area contributed by atoms with Gasteiger partial charge in [0.2, 0.25) is 0 Å². The molecule has 0 saturated heterocycles. The second-order valence-corrected chi connectivity index (χ2v) is 8.59. The van der Waals surface area contributed by atoms with Crippen molar-refractivity contribution in [2.75, 3.05) is 6.26 Å². The number of carbonyl (C=O) groups excluding carboxylic acids is 1. The maximum absolute atomic E-state index is 12.4. The Morgan fingerprint density at radius 1 is 1.00 bits per heavy atom. The largest absolute Gasteiger partial charge is 0.481 e. The van der Waals surface area contributed by atoms with Crippen LogP contribution in [0.1, 0.15) is 36.6 Å². The van der Waals surface area contributed by atoms with Crippen molar-refractivity contribution in [3.05, 3.63) is 59.2 Å². The van der Waals surface area contributed by atoms with Gasteiger partial charge in [-0.2, -0.15) is 0 Å². The second-order valence-electron chi connectivity index (χ2n) is 6.58. The molecule has 0 saturated carbocycles. The van der Waals surface area contributed by atoms with Gasteiger partial charge in [-0.25, -0.2) is 8.42 Å². The van der Waals surface area contributed by atoms with Gasteiger partial charge in [0.15, 0.2) is 15.9 Å². The summed E-state index contributed by atoms with van der Waals surface area (Å²) < 4.78 is 28.7. The topological polar surface area (TPSA) is 72.5 Å². The van der Waals surface area contributed by atoms with E-state index in [9.17, 15) is 13.2 Å². The van der Waals surface area contributed by atoms with Crippen LogP contribution >= 0.6 is 0 Å². The zero-order valence-corrected chi connectivity index (χ0v) is 16.6. The monoisotopic (exact) mass is 375 g/mol. The van der Waals surface area contributed by atoms with Crippen LogP contribution in [-0.4, -0.2) is 26.7 Å². The zero-order valence-electron chi connectivity index (χ0n) is 15.7.